The van der Waals surface area contributed by atoms with Crippen LogP contribution in [0.3, 0.4) is 0 Å². The van der Waals surface area contributed by atoms with Crippen LogP contribution < -0.4 is 5.32 Å². The van der Waals surface area contributed by atoms with E-state index < -0.39 is 24.2 Å². The summed E-state index contributed by atoms with van der Waals surface area (Å²) < 4.78 is 29.5. The third kappa shape index (κ3) is 5.86. The van der Waals surface area contributed by atoms with Gasteiger partial charge in [-0.15, -0.1) is 0 Å². The monoisotopic (exact) mass is 365 g/mol. The second kappa shape index (κ2) is 8.62. The first-order valence-corrected chi connectivity index (χ1v) is 8.32. The molecule has 4 nitrogen and oxygen atoms in total. The Morgan fingerprint density at radius 3 is 2.44 bits per heavy atom. The van der Waals surface area contributed by atoms with Gasteiger partial charge in [0, 0.05) is 10.6 Å². The molecule has 0 aliphatic rings. The van der Waals surface area contributed by atoms with Gasteiger partial charge in [0.2, 0.25) is 0 Å². The zero-order valence-electron chi connectivity index (χ0n) is 13.7. The average Bonchev–Trinajstić information content (AvgIpc) is 2.56. The van der Waals surface area contributed by atoms with Gasteiger partial charge in [0.05, 0.1) is 5.56 Å². The van der Waals surface area contributed by atoms with Gasteiger partial charge >= 0.3 is 5.97 Å². The summed E-state index contributed by atoms with van der Waals surface area (Å²) in [5.74, 6) is -3.57. The van der Waals surface area contributed by atoms with Crippen LogP contribution in [0.25, 0.3) is 0 Å². The smallest absolute Gasteiger partial charge is 0.338 e. The summed E-state index contributed by atoms with van der Waals surface area (Å²) in [4.78, 5) is 24.3. The molecule has 132 valence electrons. The number of hydrogen-bond donors (Lipinski definition) is 1. The van der Waals surface area contributed by atoms with Crippen molar-refractivity contribution in [1.29, 1.82) is 0 Å². The number of anilines is 1. The van der Waals surface area contributed by atoms with Gasteiger partial charge in [0.15, 0.2) is 6.61 Å². The summed E-state index contributed by atoms with van der Waals surface area (Å²) in [6.07, 6.45) is 0. The molecule has 0 spiro atoms. The molecule has 1 N–H and O–H groups in total. The number of esters is 1. The third-order valence-corrected chi connectivity index (χ3v) is 4.03. The van der Waals surface area contributed by atoms with Gasteiger partial charge in [-0.05, 0) is 49.7 Å². The molecule has 25 heavy (non-hydrogen) atoms. The number of rotatable bonds is 6. The van der Waals surface area contributed by atoms with Gasteiger partial charge in [0.1, 0.15) is 0 Å². The van der Waals surface area contributed by atoms with Crippen LogP contribution in [0.15, 0.2) is 47.4 Å². The minimum absolute atomic E-state index is 0.398. The number of aryl methyl sites for hydroxylation is 2. The zero-order chi connectivity index (χ0) is 18.4. The molecule has 0 radical (unpaired) electrons. The van der Waals surface area contributed by atoms with Gasteiger partial charge < -0.3 is 10.1 Å². The molecule has 2 rings (SSSR count). The summed E-state index contributed by atoms with van der Waals surface area (Å²) >= 11 is 0.425. The summed E-state index contributed by atoms with van der Waals surface area (Å²) in [6, 6.07) is 11.4. The lowest BCUT2D eigenvalue weighted by atomic mass is 10.1. The Morgan fingerprint density at radius 1 is 1.12 bits per heavy atom. The molecule has 0 aromatic heterocycles. The normalized spacial score (nSPS) is 10.6. The number of benzene rings is 2. The Morgan fingerprint density at radius 2 is 1.80 bits per heavy atom. The fourth-order valence-corrected chi connectivity index (χ4v) is 2.58. The molecule has 0 saturated carbocycles. The fraction of sp³-hybridized carbons (Fsp3) is 0.222. The lowest BCUT2D eigenvalue weighted by Crippen LogP contribution is -2.21. The highest BCUT2D eigenvalue weighted by molar-refractivity contribution is 7.99. The molecule has 0 fully saturated rings. The van der Waals surface area contributed by atoms with Crippen molar-refractivity contribution in [1.82, 2.24) is 0 Å². The van der Waals surface area contributed by atoms with Crippen LogP contribution in [0.4, 0.5) is 14.5 Å². The number of amides is 1. The highest BCUT2D eigenvalue weighted by Gasteiger charge is 2.13. The van der Waals surface area contributed by atoms with Crippen molar-refractivity contribution in [2.45, 2.75) is 24.5 Å². The Balaban J connectivity index is 1.88. The predicted octanol–water partition coefficient (Wildman–Crippen LogP) is 4.41. The van der Waals surface area contributed by atoms with Gasteiger partial charge in [-0.1, -0.05) is 29.5 Å². The van der Waals surface area contributed by atoms with Crippen molar-refractivity contribution in [3.63, 3.8) is 0 Å². The first-order valence-electron chi connectivity index (χ1n) is 7.44. The number of nitrogens with one attached hydrogen (secondary N) is 1. The van der Waals surface area contributed by atoms with Crippen LogP contribution in [0, 0.1) is 13.8 Å². The minimum atomic E-state index is -2.50. The van der Waals surface area contributed by atoms with E-state index in [2.05, 4.69) is 5.32 Å². The largest absolute Gasteiger partial charge is 0.452 e. The highest BCUT2D eigenvalue weighted by atomic mass is 32.2. The van der Waals surface area contributed by atoms with E-state index in [1.54, 1.807) is 13.0 Å². The summed E-state index contributed by atoms with van der Waals surface area (Å²) in [5, 5.41) is 2.54. The average molecular weight is 365 g/mol. The van der Waals surface area contributed by atoms with Crippen LogP contribution >= 0.6 is 11.8 Å². The molecule has 2 aromatic carbocycles. The zero-order valence-corrected chi connectivity index (χ0v) is 14.5. The SMILES string of the molecule is Cc1ccc(C)c(C(=O)OCC(=O)Nc2ccc(SC(F)F)cc2)c1. The molecule has 7 heteroatoms. The maximum absolute atomic E-state index is 12.2. The summed E-state index contributed by atoms with van der Waals surface area (Å²) in [5.41, 5.74) is 2.54. The van der Waals surface area contributed by atoms with E-state index in [0.29, 0.717) is 27.9 Å². The van der Waals surface area contributed by atoms with Crippen molar-refractivity contribution in [2.24, 2.45) is 0 Å². The fourth-order valence-electron chi connectivity index (χ4n) is 2.08. The minimum Gasteiger partial charge on any atom is -0.452 e. The Hall–Kier alpha value is -2.41. The lowest BCUT2D eigenvalue weighted by Gasteiger charge is -2.09. The van der Waals surface area contributed by atoms with Crippen molar-refractivity contribution in [3.05, 3.63) is 59.2 Å². The van der Waals surface area contributed by atoms with Crippen LogP contribution in [0.5, 0.6) is 0 Å². The highest BCUT2D eigenvalue weighted by Crippen LogP contribution is 2.26. The van der Waals surface area contributed by atoms with E-state index in [9.17, 15) is 18.4 Å². The van der Waals surface area contributed by atoms with E-state index in [1.807, 2.05) is 19.1 Å². The van der Waals surface area contributed by atoms with E-state index in [4.69, 9.17) is 4.74 Å². The van der Waals surface area contributed by atoms with E-state index in [0.717, 1.165) is 11.1 Å². The van der Waals surface area contributed by atoms with Crippen molar-refractivity contribution in [2.75, 3.05) is 11.9 Å². The second-order valence-corrected chi connectivity index (χ2v) is 6.41. The van der Waals surface area contributed by atoms with Crippen LogP contribution in [-0.2, 0) is 9.53 Å². The van der Waals surface area contributed by atoms with Gasteiger partial charge in [0.25, 0.3) is 11.7 Å². The van der Waals surface area contributed by atoms with Gasteiger partial charge in [-0.3, -0.25) is 4.79 Å². The quantitative estimate of drug-likeness (QED) is 0.608. The van der Waals surface area contributed by atoms with Crippen molar-refractivity contribution >= 4 is 29.3 Å². The number of thioether (sulfide) groups is 1. The number of halogens is 2. The summed E-state index contributed by atoms with van der Waals surface area (Å²) in [7, 11) is 0. The molecule has 0 unspecified atom stereocenters. The first-order chi connectivity index (χ1) is 11.8. The van der Waals surface area contributed by atoms with Gasteiger partial charge in [-0.2, -0.15) is 8.78 Å². The van der Waals surface area contributed by atoms with E-state index in [-0.39, 0.29) is 0 Å². The van der Waals surface area contributed by atoms with Gasteiger partial charge in [-0.25, -0.2) is 4.79 Å². The molecule has 0 aliphatic carbocycles. The lowest BCUT2D eigenvalue weighted by molar-refractivity contribution is -0.119. The first kappa shape index (κ1) is 18.9. The topological polar surface area (TPSA) is 55.4 Å². The maximum Gasteiger partial charge on any atom is 0.338 e. The predicted molar refractivity (Wildman–Crippen MR) is 93.1 cm³/mol. The molecule has 2 aromatic rings. The Kier molecular flexibility index (Phi) is 6.52. The molecule has 0 aliphatic heterocycles. The molecule has 0 saturated heterocycles. The number of alkyl halides is 2. The Labute approximate surface area is 148 Å². The van der Waals surface area contributed by atoms with Crippen LogP contribution in [0.1, 0.15) is 21.5 Å². The van der Waals surface area contributed by atoms with Crippen molar-refractivity contribution in [3.8, 4) is 0 Å². The molecule has 1 amide bonds. The molecule has 0 heterocycles. The van der Waals surface area contributed by atoms with E-state index >= 15 is 0 Å². The molecular weight excluding hydrogens is 348 g/mol. The second-order valence-electron chi connectivity index (χ2n) is 5.35. The van der Waals surface area contributed by atoms with Crippen LogP contribution in [0.2, 0.25) is 0 Å². The molecular formula is C18H17F2NO3S. The van der Waals surface area contributed by atoms with Crippen molar-refractivity contribution < 1.29 is 23.1 Å². The maximum atomic E-state index is 12.2. The number of ether oxygens (including phenoxy) is 1. The summed E-state index contributed by atoms with van der Waals surface area (Å²) in [6.45, 7) is 3.22. The Bertz CT molecular complexity index is 763. The molecule has 0 atom stereocenters. The number of carbonyl (C=O) groups is 2. The third-order valence-electron chi connectivity index (χ3n) is 3.31. The van der Waals surface area contributed by atoms with E-state index in [1.165, 1.54) is 24.3 Å². The number of carbonyl (C=O) groups excluding carboxylic acids is 2. The molecule has 0 bridgehead atoms. The standard InChI is InChI=1S/C18H17F2NO3S/c1-11-3-4-12(2)15(9-11)17(23)24-10-16(22)21-13-5-7-14(8-6-13)25-18(19)20/h3-9,18H,10H2,1-2H3,(H,21,22). The van der Waals surface area contributed by atoms with Crippen LogP contribution in [-0.4, -0.2) is 24.2 Å². The number of hydrogen-bond acceptors (Lipinski definition) is 4.